The van der Waals surface area contributed by atoms with Gasteiger partial charge in [0, 0.05) is 0 Å². The first kappa shape index (κ1) is 9.96. The third kappa shape index (κ3) is 4.38. The Morgan fingerprint density at radius 1 is 1.73 bits per heavy atom. The fourth-order valence-electron chi connectivity index (χ4n) is 0.322. The molecule has 0 aromatic heterocycles. The number of rotatable bonds is 1. The number of hydrogen-bond donors (Lipinski definition) is 1. The molecule has 0 aliphatic carbocycles. The van der Waals surface area contributed by atoms with Crippen molar-refractivity contribution in [2.75, 3.05) is 13.4 Å². The number of nitrogens with zero attached hydrogens (tertiary/aromatic N) is 1. The molecule has 0 fully saturated rings. The van der Waals surface area contributed by atoms with Gasteiger partial charge in [-0.2, -0.15) is 4.99 Å². The van der Waals surface area contributed by atoms with Gasteiger partial charge in [0.1, 0.15) is 0 Å². The van der Waals surface area contributed by atoms with E-state index in [1.165, 1.54) is 7.11 Å². The Balaban J connectivity index is 3.97. The fraction of sp³-hybridized carbons (Fsp3) is 0.400. The van der Waals surface area contributed by atoms with Gasteiger partial charge in [-0.25, -0.2) is 4.79 Å². The quantitative estimate of drug-likeness (QED) is 0.352. The maximum absolute atomic E-state index is 10.5. The standard InChI is InChI=1S/C5H8N2O3S/c1-10-5(9)7-4(11-2)6-3-8/h3H,1-2H3,(H,6,7,8,9). The molecule has 0 aliphatic rings. The molecule has 2 amide bonds. The Morgan fingerprint density at radius 2 is 2.36 bits per heavy atom. The number of thioether (sulfide) groups is 1. The van der Waals surface area contributed by atoms with Gasteiger partial charge in [0.2, 0.25) is 6.41 Å². The summed E-state index contributed by atoms with van der Waals surface area (Å²) in [6.07, 6.45) is 1.39. The summed E-state index contributed by atoms with van der Waals surface area (Å²) >= 11 is 1.14. The summed E-state index contributed by atoms with van der Waals surface area (Å²) in [4.78, 5) is 23.7. The van der Waals surface area contributed by atoms with Crippen LogP contribution in [-0.2, 0) is 9.53 Å². The molecule has 5 nitrogen and oxygen atoms in total. The first-order chi connectivity index (χ1) is 5.24. The van der Waals surface area contributed by atoms with Crippen molar-refractivity contribution >= 4 is 29.4 Å². The molecule has 1 N–H and O–H groups in total. The Morgan fingerprint density at radius 3 is 2.73 bits per heavy atom. The Bertz CT molecular complexity index is 181. The predicted octanol–water partition coefficient (Wildman–Crippen LogP) is 0.218. The highest BCUT2D eigenvalue weighted by atomic mass is 32.2. The molecule has 0 spiro atoms. The van der Waals surface area contributed by atoms with Gasteiger partial charge in [0.25, 0.3) is 0 Å². The van der Waals surface area contributed by atoms with Crippen molar-refractivity contribution in [1.29, 1.82) is 0 Å². The van der Waals surface area contributed by atoms with Crippen molar-refractivity contribution in [1.82, 2.24) is 5.32 Å². The van der Waals surface area contributed by atoms with Gasteiger partial charge < -0.3 is 4.74 Å². The lowest BCUT2D eigenvalue weighted by Gasteiger charge is -2.01. The Hall–Kier alpha value is -1.04. The molecule has 0 aromatic rings. The van der Waals surface area contributed by atoms with Crippen molar-refractivity contribution in [3.05, 3.63) is 0 Å². The van der Waals surface area contributed by atoms with Gasteiger partial charge in [-0.1, -0.05) is 11.8 Å². The predicted molar refractivity (Wildman–Crippen MR) is 42.6 cm³/mol. The van der Waals surface area contributed by atoms with Gasteiger partial charge in [-0.3, -0.25) is 10.1 Å². The lowest BCUT2D eigenvalue weighted by atomic mass is 11.0. The number of hydrogen-bond acceptors (Lipinski definition) is 4. The third-order valence-electron chi connectivity index (χ3n) is 0.758. The summed E-state index contributed by atoms with van der Waals surface area (Å²) in [5.41, 5.74) is 0. The highest BCUT2D eigenvalue weighted by Crippen LogP contribution is 1.93. The summed E-state index contributed by atoms with van der Waals surface area (Å²) in [6.45, 7) is 0. The van der Waals surface area contributed by atoms with Crippen LogP contribution >= 0.6 is 11.8 Å². The van der Waals surface area contributed by atoms with E-state index in [1.54, 1.807) is 6.26 Å². The van der Waals surface area contributed by atoms with Crippen LogP contribution in [0.3, 0.4) is 0 Å². The van der Waals surface area contributed by atoms with Crippen LogP contribution in [0, 0.1) is 0 Å². The number of alkyl carbamates (subject to hydrolysis) is 1. The van der Waals surface area contributed by atoms with Crippen LogP contribution in [0.15, 0.2) is 4.99 Å². The first-order valence-electron chi connectivity index (χ1n) is 2.65. The molecule has 11 heavy (non-hydrogen) atoms. The van der Waals surface area contributed by atoms with Crippen molar-refractivity contribution in [2.45, 2.75) is 0 Å². The SMILES string of the molecule is COC(=O)NC(=NC=O)SC. The highest BCUT2D eigenvalue weighted by molar-refractivity contribution is 8.13. The van der Waals surface area contributed by atoms with E-state index in [-0.39, 0.29) is 5.17 Å². The van der Waals surface area contributed by atoms with E-state index >= 15 is 0 Å². The average molecular weight is 176 g/mol. The second-order valence-corrected chi connectivity index (χ2v) is 2.16. The summed E-state index contributed by atoms with van der Waals surface area (Å²) in [6, 6.07) is 0. The molecule has 0 rings (SSSR count). The van der Waals surface area contributed by atoms with Gasteiger partial charge in [-0.05, 0) is 6.26 Å². The largest absolute Gasteiger partial charge is 0.453 e. The normalized spacial score (nSPS) is 10.5. The van der Waals surface area contributed by atoms with Gasteiger partial charge in [0.05, 0.1) is 7.11 Å². The van der Waals surface area contributed by atoms with E-state index in [2.05, 4.69) is 15.0 Å². The monoisotopic (exact) mass is 176 g/mol. The molecule has 0 heterocycles. The van der Waals surface area contributed by atoms with Crippen molar-refractivity contribution < 1.29 is 14.3 Å². The minimum absolute atomic E-state index is 0.215. The molecular formula is C5H8N2O3S. The van der Waals surface area contributed by atoms with E-state index in [4.69, 9.17) is 0 Å². The zero-order chi connectivity index (χ0) is 8.69. The number of aliphatic imine (C=N–C) groups is 1. The van der Waals surface area contributed by atoms with Crippen molar-refractivity contribution in [2.24, 2.45) is 4.99 Å². The summed E-state index contributed by atoms with van der Waals surface area (Å²) < 4.78 is 4.27. The molecule has 0 atom stereocenters. The van der Waals surface area contributed by atoms with E-state index in [1.807, 2.05) is 0 Å². The number of carbonyl (C=O) groups excluding carboxylic acids is 2. The number of methoxy groups -OCH3 is 1. The highest BCUT2D eigenvalue weighted by Gasteiger charge is 2.02. The zero-order valence-electron chi connectivity index (χ0n) is 6.16. The van der Waals surface area contributed by atoms with Crippen LogP contribution in [-0.4, -0.2) is 31.0 Å². The third-order valence-corrected chi connectivity index (χ3v) is 1.35. The lowest BCUT2D eigenvalue weighted by Crippen LogP contribution is -2.27. The Labute approximate surface area is 68.2 Å². The van der Waals surface area contributed by atoms with E-state index < -0.39 is 6.09 Å². The number of carbonyl (C=O) groups is 2. The molecule has 0 radical (unpaired) electrons. The number of nitrogens with one attached hydrogen (secondary N) is 1. The minimum Gasteiger partial charge on any atom is -0.453 e. The summed E-state index contributed by atoms with van der Waals surface area (Å²) in [7, 11) is 1.23. The summed E-state index contributed by atoms with van der Waals surface area (Å²) in [5.74, 6) is 0. The second kappa shape index (κ2) is 5.72. The van der Waals surface area contributed by atoms with Crippen LogP contribution in [0.25, 0.3) is 0 Å². The fourth-order valence-corrected chi connectivity index (χ4v) is 0.656. The Kier molecular flexibility index (Phi) is 5.18. The van der Waals surface area contributed by atoms with E-state index in [0.29, 0.717) is 6.41 Å². The van der Waals surface area contributed by atoms with Crippen LogP contribution < -0.4 is 5.32 Å². The maximum atomic E-state index is 10.5. The topological polar surface area (TPSA) is 67.8 Å². The molecule has 0 unspecified atom stereocenters. The van der Waals surface area contributed by atoms with Crippen LogP contribution in [0.5, 0.6) is 0 Å². The van der Waals surface area contributed by atoms with Crippen LogP contribution in [0.4, 0.5) is 4.79 Å². The molecule has 62 valence electrons. The average Bonchev–Trinajstić information content (AvgIpc) is 2.03. The lowest BCUT2D eigenvalue weighted by molar-refractivity contribution is -0.106. The van der Waals surface area contributed by atoms with E-state index in [9.17, 15) is 9.59 Å². The van der Waals surface area contributed by atoms with Crippen molar-refractivity contribution in [3.8, 4) is 0 Å². The molecule has 0 saturated heterocycles. The molecular weight excluding hydrogens is 168 g/mol. The summed E-state index contributed by atoms with van der Waals surface area (Å²) in [5, 5.41) is 2.45. The number of ether oxygens (including phenoxy) is 1. The minimum atomic E-state index is -0.639. The molecule has 0 bridgehead atoms. The number of amides is 2. The van der Waals surface area contributed by atoms with Gasteiger partial charge in [-0.15, -0.1) is 0 Å². The molecule has 6 heteroatoms. The zero-order valence-corrected chi connectivity index (χ0v) is 6.97. The second-order valence-electron chi connectivity index (χ2n) is 1.36. The maximum Gasteiger partial charge on any atom is 0.412 e. The molecule has 0 aromatic carbocycles. The first-order valence-corrected chi connectivity index (χ1v) is 3.87. The van der Waals surface area contributed by atoms with E-state index in [0.717, 1.165) is 11.8 Å². The van der Waals surface area contributed by atoms with Gasteiger partial charge >= 0.3 is 6.09 Å². The van der Waals surface area contributed by atoms with Crippen LogP contribution in [0.2, 0.25) is 0 Å². The number of amidine groups is 1. The molecule has 0 aliphatic heterocycles. The van der Waals surface area contributed by atoms with Gasteiger partial charge in [0.15, 0.2) is 5.17 Å². The van der Waals surface area contributed by atoms with Crippen LogP contribution in [0.1, 0.15) is 0 Å². The van der Waals surface area contributed by atoms with Crippen molar-refractivity contribution in [3.63, 3.8) is 0 Å². The smallest absolute Gasteiger partial charge is 0.412 e. The molecule has 0 saturated carbocycles.